The number of nitrogens with two attached hydrogens (primary N) is 1. The number of nitriles is 1. The topological polar surface area (TPSA) is 112 Å². The number of carbonyl (C=O) groups is 2. The largest absolute Gasteiger partial charge is 0.383 e. The van der Waals surface area contributed by atoms with E-state index < -0.39 is 5.92 Å². The monoisotopic (exact) mass is 385 g/mol. The lowest BCUT2D eigenvalue weighted by atomic mass is 9.76. The predicted molar refractivity (Wildman–Crippen MR) is 105 cm³/mol. The molecule has 4 rings (SSSR count). The summed E-state index contributed by atoms with van der Waals surface area (Å²) in [6, 6.07) is 14.4. The number of rotatable bonds is 3. The van der Waals surface area contributed by atoms with E-state index in [1.807, 2.05) is 12.1 Å². The van der Waals surface area contributed by atoms with Crippen molar-refractivity contribution >= 4 is 11.7 Å². The van der Waals surface area contributed by atoms with Crippen LogP contribution in [0.15, 0.2) is 77.5 Å². The number of Topliss-reactive ketones (excluding diaryl/α,β-unsaturated/α-hetero) is 1. The van der Waals surface area contributed by atoms with Gasteiger partial charge in [0.1, 0.15) is 5.82 Å². The van der Waals surface area contributed by atoms with Crippen molar-refractivity contribution in [3.8, 4) is 6.07 Å². The molecule has 7 nitrogen and oxygen atoms in total. The third-order valence-electron chi connectivity index (χ3n) is 5.18. The fraction of sp³-hybridized carbons (Fsp3) is 0.182. The van der Waals surface area contributed by atoms with Gasteiger partial charge in [0.05, 0.1) is 17.6 Å². The molecule has 2 aliphatic rings. The first-order valence-corrected chi connectivity index (χ1v) is 9.34. The Morgan fingerprint density at radius 3 is 2.69 bits per heavy atom. The number of hydrogen-bond donors (Lipinski definition) is 2. The summed E-state index contributed by atoms with van der Waals surface area (Å²) in [5, 5.41) is 11.3. The molecule has 2 aromatic rings. The van der Waals surface area contributed by atoms with E-state index in [-0.39, 0.29) is 23.1 Å². The second kappa shape index (κ2) is 7.60. The first-order valence-electron chi connectivity index (χ1n) is 9.34. The molecule has 1 amide bonds. The summed E-state index contributed by atoms with van der Waals surface area (Å²) < 4.78 is 0. The molecule has 29 heavy (non-hydrogen) atoms. The molecular formula is C22H19N5O2. The Hall–Kier alpha value is -3.92. The molecule has 0 spiro atoms. The number of amides is 1. The molecule has 0 saturated carbocycles. The van der Waals surface area contributed by atoms with Crippen molar-refractivity contribution in [2.75, 3.05) is 0 Å². The number of nitrogens with one attached hydrogen (secondary N) is 1. The van der Waals surface area contributed by atoms with E-state index in [2.05, 4.69) is 16.5 Å². The van der Waals surface area contributed by atoms with Crippen LogP contribution in [-0.2, 0) is 4.79 Å². The van der Waals surface area contributed by atoms with Crippen molar-refractivity contribution < 1.29 is 9.59 Å². The molecule has 1 aromatic carbocycles. The van der Waals surface area contributed by atoms with Gasteiger partial charge in [0, 0.05) is 35.6 Å². The zero-order valence-electron chi connectivity index (χ0n) is 15.6. The fourth-order valence-electron chi connectivity index (χ4n) is 3.85. The van der Waals surface area contributed by atoms with Crippen molar-refractivity contribution in [3.63, 3.8) is 0 Å². The number of benzene rings is 1. The Labute approximate surface area is 168 Å². The zero-order chi connectivity index (χ0) is 20.4. The number of hydrazine groups is 1. The van der Waals surface area contributed by atoms with Crippen molar-refractivity contribution in [1.29, 1.82) is 5.26 Å². The molecule has 0 fully saturated rings. The number of aromatic nitrogens is 1. The lowest BCUT2D eigenvalue weighted by Gasteiger charge is -2.39. The molecule has 1 aliphatic heterocycles. The van der Waals surface area contributed by atoms with Gasteiger partial charge in [-0.15, -0.1) is 0 Å². The summed E-state index contributed by atoms with van der Waals surface area (Å²) in [5.74, 6) is -0.865. The van der Waals surface area contributed by atoms with Gasteiger partial charge >= 0.3 is 0 Å². The quantitative estimate of drug-likeness (QED) is 0.840. The van der Waals surface area contributed by atoms with Crippen LogP contribution < -0.4 is 11.2 Å². The average Bonchev–Trinajstić information content (AvgIpc) is 2.76. The van der Waals surface area contributed by atoms with Gasteiger partial charge in [0.2, 0.25) is 0 Å². The maximum atomic E-state index is 12.9. The third kappa shape index (κ3) is 3.25. The van der Waals surface area contributed by atoms with Crippen LogP contribution in [0.1, 0.15) is 41.1 Å². The zero-order valence-corrected chi connectivity index (χ0v) is 15.6. The minimum Gasteiger partial charge on any atom is -0.383 e. The van der Waals surface area contributed by atoms with Crippen molar-refractivity contribution in [2.45, 2.75) is 25.2 Å². The number of carbonyl (C=O) groups excluding carboxylic acids is 2. The molecule has 0 saturated heterocycles. The van der Waals surface area contributed by atoms with Gasteiger partial charge in [-0.25, -0.2) is 5.01 Å². The normalized spacial score (nSPS) is 18.9. The van der Waals surface area contributed by atoms with E-state index in [1.165, 1.54) is 5.01 Å². The van der Waals surface area contributed by atoms with Crippen LogP contribution in [0.3, 0.4) is 0 Å². The first-order chi connectivity index (χ1) is 14.1. The highest BCUT2D eigenvalue weighted by Crippen LogP contribution is 2.43. The van der Waals surface area contributed by atoms with Crippen molar-refractivity contribution in [3.05, 3.63) is 88.6 Å². The lowest BCUT2D eigenvalue weighted by Crippen LogP contribution is -2.48. The summed E-state index contributed by atoms with van der Waals surface area (Å²) >= 11 is 0. The molecule has 7 heteroatoms. The van der Waals surface area contributed by atoms with Crippen LogP contribution in [-0.4, -0.2) is 21.7 Å². The molecule has 3 N–H and O–H groups in total. The minimum absolute atomic E-state index is 0.0423. The number of ketones is 1. The average molecular weight is 385 g/mol. The Morgan fingerprint density at radius 1 is 1.21 bits per heavy atom. The van der Waals surface area contributed by atoms with E-state index >= 15 is 0 Å². The predicted octanol–water partition coefficient (Wildman–Crippen LogP) is 2.53. The third-order valence-corrected chi connectivity index (χ3v) is 5.18. The van der Waals surface area contributed by atoms with E-state index in [9.17, 15) is 14.9 Å². The molecular weight excluding hydrogens is 366 g/mol. The summed E-state index contributed by atoms with van der Waals surface area (Å²) in [6.07, 6.45) is 4.90. The Bertz CT molecular complexity index is 1070. The van der Waals surface area contributed by atoms with E-state index in [4.69, 9.17) is 5.73 Å². The second-order valence-electron chi connectivity index (χ2n) is 6.91. The second-order valence-corrected chi connectivity index (χ2v) is 6.91. The maximum absolute atomic E-state index is 12.9. The van der Waals surface area contributed by atoms with E-state index in [0.29, 0.717) is 36.1 Å². The highest BCUT2D eigenvalue weighted by Gasteiger charge is 2.40. The molecule has 1 aromatic heterocycles. The van der Waals surface area contributed by atoms with Crippen molar-refractivity contribution in [1.82, 2.24) is 15.4 Å². The smallest absolute Gasteiger partial charge is 0.270 e. The molecule has 0 bridgehead atoms. The maximum Gasteiger partial charge on any atom is 0.270 e. The Morgan fingerprint density at radius 2 is 2.00 bits per heavy atom. The molecule has 0 radical (unpaired) electrons. The van der Waals surface area contributed by atoms with Crippen LogP contribution in [0.4, 0.5) is 0 Å². The highest BCUT2D eigenvalue weighted by atomic mass is 16.2. The number of allylic oxidation sites excluding steroid dienone is 3. The summed E-state index contributed by atoms with van der Waals surface area (Å²) in [5.41, 5.74) is 11.7. The van der Waals surface area contributed by atoms with Crippen LogP contribution in [0, 0.1) is 11.3 Å². The lowest BCUT2D eigenvalue weighted by molar-refractivity contribution is -0.116. The van der Waals surface area contributed by atoms with Gasteiger partial charge in [-0.1, -0.05) is 24.3 Å². The van der Waals surface area contributed by atoms with Gasteiger partial charge < -0.3 is 5.73 Å². The first kappa shape index (κ1) is 18.4. The van der Waals surface area contributed by atoms with Gasteiger partial charge in [0.15, 0.2) is 5.78 Å². The fourth-order valence-corrected chi connectivity index (χ4v) is 3.85. The SMILES string of the molecule is N#CC1=C(N)N(NC(=O)c2ccccc2)C2=C(C(=O)CCC2)C1c1cccnc1. The summed E-state index contributed by atoms with van der Waals surface area (Å²) in [6.45, 7) is 0. The summed E-state index contributed by atoms with van der Waals surface area (Å²) in [4.78, 5) is 29.8. The molecule has 144 valence electrons. The molecule has 2 heterocycles. The summed E-state index contributed by atoms with van der Waals surface area (Å²) in [7, 11) is 0. The van der Waals surface area contributed by atoms with Crippen molar-refractivity contribution in [2.24, 2.45) is 5.73 Å². The van der Waals surface area contributed by atoms with E-state index in [1.54, 1.807) is 42.7 Å². The van der Waals surface area contributed by atoms with Gasteiger partial charge in [-0.3, -0.25) is 20.0 Å². The number of nitrogens with zero attached hydrogens (tertiary/aromatic N) is 3. The Kier molecular flexibility index (Phi) is 4.83. The molecule has 1 unspecified atom stereocenters. The van der Waals surface area contributed by atoms with Gasteiger partial charge in [-0.05, 0) is 36.6 Å². The van der Waals surface area contributed by atoms with Gasteiger partial charge in [0.25, 0.3) is 5.91 Å². The molecule has 1 aliphatic carbocycles. The van der Waals surface area contributed by atoms with Crippen LogP contribution in [0.2, 0.25) is 0 Å². The number of pyridine rings is 1. The van der Waals surface area contributed by atoms with Crippen LogP contribution in [0.25, 0.3) is 0 Å². The van der Waals surface area contributed by atoms with Crippen LogP contribution in [0.5, 0.6) is 0 Å². The Balaban J connectivity index is 1.81. The standard InChI is InChI=1S/C22H19N5O2/c23-12-16-19(15-8-5-11-25-13-15)20-17(9-4-10-18(20)28)27(21(16)24)26-22(29)14-6-2-1-3-7-14/h1-3,5-8,11,13,19H,4,9-10,24H2,(H,26,29). The minimum atomic E-state index is -0.582. The van der Waals surface area contributed by atoms with Crippen LogP contribution >= 0.6 is 0 Å². The molecule has 1 atom stereocenters. The highest BCUT2D eigenvalue weighted by molar-refractivity contribution is 6.00. The number of hydrogen-bond acceptors (Lipinski definition) is 6. The van der Waals surface area contributed by atoms with E-state index in [0.717, 1.165) is 5.56 Å². The van der Waals surface area contributed by atoms with Gasteiger partial charge in [-0.2, -0.15) is 5.26 Å².